The Labute approximate surface area is 873 Å². The molecule has 0 spiro atoms. The van der Waals surface area contributed by atoms with E-state index in [9.17, 15) is 77.8 Å². The van der Waals surface area contributed by atoms with Crippen molar-refractivity contribution in [3.63, 3.8) is 0 Å². The maximum atomic E-state index is 13.5. The third-order valence-corrected chi connectivity index (χ3v) is 29.9. The molecule has 26 nitrogen and oxygen atoms in total. The molecule has 6 aliphatic rings. The molecule has 0 N–H and O–H groups in total. The number of ether oxygens (including phenoxy) is 2. The lowest BCUT2D eigenvalue weighted by Gasteiger charge is -2.16. The Balaban J connectivity index is 0.000000102. The minimum Gasteiger partial charge on any atom is -0.493 e. The van der Waals surface area contributed by atoms with Crippen molar-refractivity contribution < 1.29 is 48.1 Å². The van der Waals surface area contributed by atoms with Crippen LogP contribution in [0.3, 0.4) is 0 Å². The molecule has 0 bridgehead atoms. The topological polar surface area (TPSA) is 339 Å². The average Bonchev–Trinajstić information content (AvgIpc) is 1.59. The molecule has 6 heterocycles. The van der Waals surface area contributed by atoms with E-state index in [2.05, 4.69) is 54.5 Å². The SMILES string of the molecule is COc1cc2c(cc1OC)-c1c(c3ccccc3c(=O)n1-c1ccccc1)C2=O.Cn1c2c(c3ccccc3c1=O)C(=O)c1cc(Br)ccc1-2.Cn1c2c(c3ccccc3c1=O)C(=O)c1ccc(Br)cc1-2.Cn1c2c(c3ccccc3c1=O)C(=O)c1cccc([N+](=O)[O-])c1-2.O=C1c2ccccc2-c2c1c1ccccc1c(=O)n2-c1ccccc1[N+](=O)[O-].O=C1c2ccccc2-c2c1c1ccccc1c(=O)n2Cc1ccccc1I. The van der Waals surface area contributed by atoms with E-state index in [1.165, 1.54) is 47.6 Å². The number of hydrogen-bond acceptors (Lipinski definition) is 18. The van der Waals surface area contributed by atoms with Gasteiger partial charge in [-0.1, -0.05) is 250 Å². The van der Waals surface area contributed by atoms with E-state index in [1.54, 1.807) is 173 Å². The zero-order valence-electron chi connectivity index (χ0n) is 79.1. The number of fused-ring (bicyclic) bond motifs is 30. The molecule has 21 aromatic rings. The lowest BCUT2D eigenvalue weighted by Crippen LogP contribution is -2.24. The van der Waals surface area contributed by atoms with Gasteiger partial charge in [-0.3, -0.25) is 86.9 Å². The summed E-state index contributed by atoms with van der Waals surface area (Å²) in [6.45, 7) is 0.437. The van der Waals surface area contributed by atoms with Crippen LogP contribution in [0.5, 0.6) is 11.5 Å². The highest BCUT2D eigenvalue weighted by Crippen LogP contribution is 2.50. The third-order valence-electron chi connectivity index (χ3n) is 27.8. The second-order valence-corrected chi connectivity index (χ2v) is 38.7. The van der Waals surface area contributed by atoms with Crippen LogP contribution in [-0.4, -0.2) is 86.2 Å². The first-order valence-corrected chi connectivity index (χ1v) is 49.3. The zero-order chi connectivity index (χ0) is 104. The van der Waals surface area contributed by atoms with Crippen LogP contribution in [0.25, 0.3) is 144 Å². The lowest BCUT2D eigenvalue weighted by atomic mass is 10.0. The number of rotatable bonds is 8. The number of nitro benzene ring substituents is 2. The number of pyridine rings is 6. The summed E-state index contributed by atoms with van der Waals surface area (Å²) in [5.41, 5.74) is 14.3. The molecule has 0 fully saturated rings. The lowest BCUT2D eigenvalue weighted by molar-refractivity contribution is -0.384. The summed E-state index contributed by atoms with van der Waals surface area (Å²) < 4.78 is 22.9. The van der Waals surface area contributed by atoms with Crippen LogP contribution in [0.1, 0.15) is 101 Å². The van der Waals surface area contributed by atoms with E-state index in [1.807, 2.05) is 182 Å². The maximum Gasteiger partial charge on any atom is 0.293 e. The number of nitro groups is 2. The number of methoxy groups -OCH3 is 2. The molecule has 0 amide bonds. The summed E-state index contributed by atoms with van der Waals surface area (Å²) >= 11 is 9.12. The highest BCUT2D eigenvalue weighted by Gasteiger charge is 2.42. The number of carbonyl (C=O) groups excluding carboxylic acids is 6. The van der Waals surface area contributed by atoms with Crippen LogP contribution >= 0.6 is 54.5 Å². The van der Waals surface area contributed by atoms with E-state index in [0.717, 1.165) is 56.6 Å². The average molecular weight is 2200 g/mol. The minimum atomic E-state index is -0.527. The highest BCUT2D eigenvalue weighted by atomic mass is 127. The zero-order valence-corrected chi connectivity index (χ0v) is 84.4. The first-order valence-electron chi connectivity index (χ1n) is 46.6. The molecule has 0 atom stereocenters. The fraction of sp³-hybridized carbons (Fsp3) is 0.0500. The molecule has 0 radical (unpaired) electrons. The van der Waals surface area contributed by atoms with Gasteiger partial charge in [0.25, 0.3) is 44.7 Å². The van der Waals surface area contributed by atoms with E-state index in [-0.39, 0.29) is 90.7 Å². The summed E-state index contributed by atoms with van der Waals surface area (Å²) in [5, 5.41) is 29.9. The van der Waals surface area contributed by atoms with Crippen molar-refractivity contribution in [1.29, 1.82) is 0 Å². The van der Waals surface area contributed by atoms with E-state index < -0.39 is 15.4 Å². The quantitative estimate of drug-likeness (QED) is 0.0774. The van der Waals surface area contributed by atoms with E-state index in [4.69, 9.17) is 9.47 Å². The predicted molar refractivity (Wildman–Crippen MR) is 588 cm³/mol. The number of hydrogen-bond donors (Lipinski definition) is 0. The van der Waals surface area contributed by atoms with Crippen molar-refractivity contribution in [2.75, 3.05) is 14.2 Å². The van der Waals surface area contributed by atoms with Gasteiger partial charge in [0.2, 0.25) is 0 Å². The fourth-order valence-corrected chi connectivity index (χ4v) is 22.5. The Morgan fingerprint density at radius 1 is 0.268 bits per heavy atom. The molecule has 0 aliphatic heterocycles. The summed E-state index contributed by atoms with van der Waals surface area (Å²) in [7, 11) is 8.06. The van der Waals surface area contributed by atoms with Crippen LogP contribution in [0.2, 0.25) is 0 Å². The summed E-state index contributed by atoms with van der Waals surface area (Å²) in [4.78, 5) is 178. The molecule has 6 aliphatic carbocycles. The van der Waals surface area contributed by atoms with Gasteiger partial charge >= 0.3 is 0 Å². The van der Waals surface area contributed by atoms with Gasteiger partial charge in [-0.2, -0.15) is 0 Å². The van der Waals surface area contributed by atoms with Crippen LogP contribution in [0.4, 0.5) is 11.4 Å². The van der Waals surface area contributed by atoms with Crippen molar-refractivity contribution >= 4 is 165 Å². The number of ketones is 6. The van der Waals surface area contributed by atoms with Crippen LogP contribution in [-0.2, 0) is 27.7 Å². The summed E-state index contributed by atoms with van der Waals surface area (Å²) in [6, 6.07) is 99.9. The normalized spacial score (nSPS) is 12.3. The Hall–Kier alpha value is -18.3. The van der Waals surface area contributed by atoms with Gasteiger partial charge in [0.05, 0.1) is 104 Å². The van der Waals surface area contributed by atoms with Gasteiger partial charge in [-0.15, -0.1) is 0 Å². The van der Waals surface area contributed by atoms with Crippen molar-refractivity contribution in [2.45, 2.75) is 6.54 Å². The molecule has 27 rings (SSSR count). The van der Waals surface area contributed by atoms with Gasteiger partial charge in [0.15, 0.2) is 46.2 Å². The number of nitrogens with zero attached hydrogens (tertiary/aromatic N) is 8. The monoisotopic (exact) mass is 2200 g/mol. The second-order valence-electron chi connectivity index (χ2n) is 35.7. The molecular formula is C120H73Br2IN8O18. The van der Waals surface area contributed by atoms with Crippen molar-refractivity contribution in [3.8, 4) is 90.4 Å². The van der Waals surface area contributed by atoms with Crippen molar-refractivity contribution in [2.24, 2.45) is 21.1 Å². The van der Waals surface area contributed by atoms with Gasteiger partial charge in [0, 0.05) is 177 Å². The molecule has 0 saturated carbocycles. The Morgan fingerprint density at radius 2 is 0.577 bits per heavy atom. The van der Waals surface area contributed by atoms with Gasteiger partial charge < -0.3 is 27.7 Å². The third kappa shape index (κ3) is 15.3. The Kier molecular flexibility index (Phi) is 24.2. The molecule has 149 heavy (non-hydrogen) atoms. The van der Waals surface area contributed by atoms with Crippen LogP contribution in [0.15, 0.2) is 377 Å². The molecule has 0 saturated heterocycles. The molecule has 15 aromatic carbocycles. The number of aromatic nitrogens is 6. The summed E-state index contributed by atoms with van der Waals surface area (Å²) in [5.74, 6) is 0.342. The Bertz CT molecular complexity index is 10100. The number of benzene rings is 15. The van der Waals surface area contributed by atoms with Crippen LogP contribution in [0, 0.1) is 23.8 Å². The fourth-order valence-electron chi connectivity index (χ4n) is 21.2. The number of carbonyl (C=O) groups is 6. The molecule has 0 unspecified atom stereocenters. The molecule has 6 aromatic heterocycles. The van der Waals surface area contributed by atoms with Gasteiger partial charge in [-0.05, 0) is 137 Å². The second kappa shape index (κ2) is 37.7. The van der Waals surface area contributed by atoms with E-state index >= 15 is 0 Å². The maximum absolute atomic E-state index is 13.5. The van der Waals surface area contributed by atoms with Crippen LogP contribution < -0.4 is 42.8 Å². The smallest absolute Gasteiger partial charge is 0.293 e. The first-order chi connectivity index (χ1) is 72.1. The summed E-state index contributed by atoms with van der Waals surface area (Å²) in [6.07, 6.45) is 0. The van der Waals surface area contributed by atoms with Gasteiger partial charge in [-0.25, -0.2) is 0 Å². The largest absolute Gasteiger partial charge is 0.493 e. The molecule has 29 heteroatoms. The van der Waals surface area contributed by atoms with E-state index in [0.29, 0.717) is 173 Å². The predicted octanol–water partition coefficient (Wildman–Crippen LogP) is 22.9. The molecule has 722 valence electrons. The number of halogens is 3. The van der Waals surface area contributed by atoms with Crippen molar-refractivity contribution in [1.82, 2.24) is 27.4 Å². The Morgan fingerprint density at radius 3 is 1.06 bits per heavy atom. The standard InChI is InChI=1S/C24H17NO4.C23H14INO2.C22H12N2O4.2C17H10BrNO2.C17H10N2O4/c1-28-19-12-17-18(13-20(19)29-2)23(26)21-15-10-6-7-11-16(15)24(27)25(22(17)21)14-8-4-3-5-9-14;24-19-12-6-1-7-14(19)13-25-21-16-9-3-4-10-17(16)22(26)20(21)15-8-2-5-11-18(15)23(25)27;25-21-15-9-3-2-8-14(15)20-19(21)13-7-1-4-10-16(13)22(26)23(20)17-11-5-6-12-18(17)24(27)28;1-19-15-13-8-9(18)6-7-11(13)16(20)14(15)10-4-2-3-5-12(10)17(19)21;1-19-15-11-7-6-9(18)8-13(11)16(20)14(15)10-4-2-3-5-12(10)17(19)21;1-18-15-13-11(7-4-8-12(13)19(22)23)16(20)14(15)9-5-2-3-6-10(9)17(18)21/h3-13H,1-2H3;1-12H,13H2;1-12H;2*2-8H,1H3;2-8H,1H3. The number of para-hydroxylation sites is 3. The molecular weight excluding hydrogens is 2130 g/mol. The van der Waals surface area contributed by atoms with Gasteiger partial charge in [0.1, 0.15) is 5.69 Å². The van der Waals surface area contributed by atoms with Crippen molar-refractivity contribution in [3.05, 3.63) is 507 Å². The minimum absolute atomic E-state index is 0.00620. The first kappa shape index (κ1) is 95.5. The highest BCUT2D eigenvalue weighted by molar-refractivity contribution is 14.1.